The molecular formula is C16H20N4O2S2. The van der Waals surface area contributed by atoms with Crippen molar-refractivity contribution < 1.29 is 9.59 Å². The molecule has 0 aromatic carbocycles. The lowest BCUT2D eigenvalue weighted by atomic mass is 9.80. The molecule has 1 aliphatic rings. The minimum atomic E-state index is -0.142. The topological polar surface area (TPSA) is 84.0 Å². The Labute approximate surface area is 148 Å². The van der Waals surface area contributed by atoms with Crippen LogP contribution in [0, 0.1) is 25.7 Å². The predicted octanol–water partition coefficient (Wildman–Crippen LogP) is 3.60. The Balaban J connectivity index is 1.57. The van der Waals surface area contributed by atoms with Gasteiger partial charge in [-0.1, -0.05) is 6.42 Å². The number of rotatable bonds is 4. The zero-order valence-corrected chi connectivity index (χ0v) is 15.3. The van der Waals surface area contributed by atoms with E-state index in [1.54, 1.807) is 12.4 Å². The van der Waals surface area contributed by atoms with E-state index in [9.17, 15) is 9.59 Å². The summed E-state index contributed by atoms with van der Waals surface area (Å²) in [6.07, 6.45) is 6.57. The van der Waals surface area contributed by atoms with Crippen LogP contribution < -0.4 is 10.6 Å². The Morgan fingerprint density at radius 1 is 0.958 bits per heavy atom. The highest BCUT2D eigenvalue weighted by Crippen LogP contribution is 2.31. The first-order chi connectivity index (χ1) is 11.5. The number of hydrogen-bond donors (Lipinski definition) is 2. The molecule has 2 aromatic heterocycles. The molecule has 2 atom stereocenters. The highest BCUT2D eigenvalue weighted by molar-refractivity contribution is 7.16. The fourth-order valence-electron chi connectivity index (χ4n) is 2.91. The third-order valence-corrected chi connectivity index (χ3v) is 5.78. The summed E-state index contributed by atoms with van der Waals surface area (Å²) < 4.78 is 0. The van der Waals surface area contributed by atoms with Crippen molar-refractivity contribution in [2.45, 2.75) is 39.5 Å². The van der Waals surface area contributed by atoms with Crippen LogP contribution in [-0.4, -0.2) is 21.8 Å². The van der Waals surface area contributed by atoms with Gasteiger partial charge in [-0.3, -0.25) is 9.59 Å². The first-order valence-electron chi connectivity index (χ1n) is 7.98. The summed E-state index contributed by atoms with van der Waals surface area (Å²) in [5.74, 6) is -0.354. The standard InChI is InChI=1S/C16H20N4O2S2/c1-9-7-17-15(23-9)19-13(21)11-4-3-5-12(6-11)14(22)20-16-18-8-10(2)24-16/h7-8,11-12H,3-6H2,1-2H3,(H,17,19,21)(H,18,20,22)/t11-,12-/m1/s1. The SMILES string of the molecule is Cc1cnc(NC(=O)[C@@H]2CCC[C@@H](C(=O)Nc3ncc(C)s3)C2)s1. The molecule has 8 heteroatoms. The molecule has 0 bridgehead atoms. The Kier molecular flexibility index (Phi) is 5.25. The van der Waals surface area contributed by atoms with E-state index in [1.807, 2.05) is 13.8 Å². The Bertz CT molecular complexity index is 680. The third kappa shape index (κ3) is 4.18. The van der Waals surface area contributed by atoms with E-state index in [0.29, 0.717) is 16.7 Å². The normalized spacial score (nSPS) is 20.6. The average molecular weight is 364 g/mol. The number of carbonyl (C=O) groups is 2. The van der Waals surface area contributed by atoms with Gasteiger partial charge in [0.05, 0.1) is 0 Å². The van der Waals surface area contributed by atoms with Crippen molar-refractivity contribution in [1.29, 1.82) is 0 Å². The fourth-order valence-corrected chi connectivity index (χ4v) is 4.24. The lowest BCUT2D eigenvalue weighted by Gasteiger charge is -2.27. The second kappa shape index (κ2) is 7.40. The molecule has 3 rings (SSSR count). The van der Waals surface area contributed by atoms with Crippen molar-refractivity contribution in [3.05, 3.63) is 22.1 Å². The summed E-state index contributed by atoms with van der Waals surface area (Å²) in [5, 5.41) is 7.00. The zero-order valence-electron chi connectivity index (χ0n) is 13.7. The van der Waals surface area contributed by atoms with E-state index in [-0.39, 0.29) is 23.7 Å². The second-order valence-electron chi connectivity index (χ2n) is 6.09. The van der Waals surface area contributed by atoms with Gasteiger partial charge in [0, 0.05) is 34.0 Å². The van der Waals surface area contributed by atoms with Crippen LogP contribution >= 0.6 is 22.7 Å². The van der Waals surface area contributed by atoms with E-state index in [0.717, 1.165) is 29.0 Å². The molecule has 2 aromatic rings. The molecule has 1 saturated carbocycles. The van der Waals surface area contributed by atoms with Crippen LogP contribution in [-0.2, 0) is 9.59 Å². The van der Waals surface area contributed by atoms with E-state index in [1.165, 1.54) is 22.7 Å². The van der Waals surface area contributed by atoms with Crippen LogP contribution in [0.25, 0.3) is 0 Å². The van der Waals surface area contributed by atoms with Crippen LogP contribution in [0.5, 0.6) is 0 Å². The molecule has 2 N–H and O–H groups in total. The molecule has 24 heavy (non-hydrogen) atoms. The molecule has 0 unspecified atom stereocenters. The Morgan fingerprint density at radius 2 is 1.42 bits per heavy atom. The van der Waals surface area contributed by atoms with Gasteiger partial charge in [0.1, 0.15) is 0 Å². The number of aryl methyl sites for hydroxylation is 2. The number of amides is 2. The van der Waals surface area contributed by atoms with Gasteiger partial charge in [-0.15, -0.1) is 22.7 Å². The molecular weight excluding hydrogens is 344 g/mol. The molecule has 0 radical (unpaired) electrons. The van der Waals surface area contributed by atoms with Gasteiger partial charge in [0.2, 0.25) is 11.8 Å². The van der Waals surface area contributed by atoms with Crippen molar-refractivity contribution in [2.24, 2.45) is 11.8 Å². The monoisotopic (exact) mass is 364 g/mol. The van der Waals surface area contributed by atoms with E-state index in [4.69, 9.17) is 0 Å². The first-order valence-corrected chi connectivity index (χ1v) is 9.61. The number of carbonyl (C=O) groups excluding carboxylic acids is 2. The van der Waals surface area contributed by atoms with Gasteiger partial charge in [0.15, 0.2) is 10.3 Å². The summed E-state index contributed by atoms with van der Waals surface area (Å²) in [4.78, 5) is 35.3. The van der Waals surface area contributed by atoms with Crippen molar-refractivity contribution in [2.75, 3.05) is 10.6 Å². The maximum absolute atomic E-state index is 12.4. The molecule has 2 amide bonds. The summed E-state index contributed by atoms with van der Waals surface area (Å²) in [6, 6.07) is 0. The Morgan fingerprint density at radius 3 is 1.79 bits per heavy atom. The quantitative estimate of drug-likeness (QED) is 0.868. The van der Waals surface area contributed by atoms with Crippen molar-refractivity contribution >= 4 is 44.8 Å². The maximum Gasteiger partial charge on any atom is 0.229 e. The minimum Gasteiger partial charge on any atom is -0.302 e. The zero-order chi connectivity index (χ0) is 17.1. The molecule has 0 spiro atoms. The van der Waals surface area contributed by atoms with E-state index < -0.39 is 0 Å². The second-order valence-corrected chi connectivity index (χ2v) is 8.56. The molecule has 1 aliphatic carbocycles. The Hall–Kier alpha value is -1.80. The lowest BCUT2D eigenvalue weighted by Crippen LogP contribution is -2.33. The molecule has 2 heterocycles. The van der Waals surface area contributed by atoms with Crippen molar-refractivity contribution in [3.63, 3.8) is 0 Å². The predicted molar refractivity (Wildman–Crippen MR) is 96.4 cm³/mol. The number of hydrogen-bond acceptors (Lipinski definition) is 6. The summed E-state index contributed by atoms with van der Waals surface area (Å²) in [6.45, 7) is 3.91. The summed E-state index contributed by atoms with van der Waals surface area (Å²) >= 11 is 2.92. The van der Waals surface area contributed by atoms with E-state index >= 15 is 0 Å². The van der Waals surface area contributed by atoms with Crippen LogP contribution in [0.4, 0.5) is 10.3 Å². The van der Waals surface area contributed by atoms with Crippen LogP contribution in [0.3, 0.4) is 0 Å². The molecule has 0 saturated heterocycles. The minimum absolute atomic E-state index is 0.0352. The number of aromatic nitrogens is 2. The summed E-state index contributed by atoms with van der Waals surface area (Å²) in [7, 11) is 0. The lowest BCUT2D eigenvalue weighted by molar-refractivity contribution is -0.124. The molecule has 128 valence electrons. The van der Waals surface area contributed by atoms with Gasteiger partial charge >= 0.3 is 0 Å². The van der Waals surface area contributed by atoms with E-state index in [2.05, 4.69) is 20.6 Å². The highest BCUT2D eigenvalue weighted by atomic mass is 32.1. The highest BCUT2D eigenvalue weighted by Gasteiger charge is 2.31. The van der Waals surface area contributed by atoms with Crippen LogP contribution in [0.15, 0.2) is 12.4 Å². The summed E-state index contributed by atoms with van der Waals surface area (Å²) in [5.41, 5.74) is 0. The molecule has 6 nitrogen and oxygen atoms in total. The molecule has 1 fully saturated rings. The number of nitrogens with zero attached hydrogens (tertiary/aromatic N) is 2. The number of anilines is 2. The third-order valence-electron chi connectivity index (χ3n) is 4.12. The average Bonchev–Trinajstić information content (AvgIpc) is 3.15. The number of thiazole rings is 2. The van der Waals surface area contributed by atoms with Gasteiger partial charge in [-0.2, -0.15) is 0 Å². The fraction of sp³-hybridized carbons (Fsp3) is 0.500. The van der Waals surface area contributed by atoms with Crippen LogP contribution in [0.1, 0.15) is 35.4 Å². The number of nitrogens with one attached hydrogen (secondary N) is 2. The van der Waals surface area contributed by atoms with Crippen molar-refractivity contribution in [3.8, 4) is 0 Å². The molecule has 0 aliphatic heterocycles. The van der Waals surface area contributed by atoms with Gasteiger partial charge in [0.25, 0.3) is 0 Å². The first kappa shape index (κ1) is 17.0. The van der Waals surface area contributed by atoms with Crippen molar-refractivity contribution in [1.82, 2.24) is 9.97 Å². The van der Waals surface area contributed by atoms with Crippen LogP contribution in [0.2, 0.25) is 0 Å². The van der Waals surface area contributed by atoms with Gasteiger partial charge in [-0.05, 0) is 33.1 Å². The largest absolute Gasteiger partial charge is 0.302 e. The van der Waals surface area contributed by atoms with Gasteiger partial charge in [-0.25, -0.2) is 9.97 Å². The van der Waals surface area contributed by atoms with Gasteiger partial charge < -0.3 is 10.6 Å². The smallest absolute Gasteiger partial charge is 0.229 e. The maximum atomic E-state index is 12.4.